The minimum Gasteiger partial charge on any atom is -0.390 e. The Hall–Kier alpha value is -0.0800. The molecule has 0 amide bonds. The van der Waals surface area contributed by atoms with Crippen molar-refractivity contribution in [3.63, 3.8) is 0 Å². The van der Waals surface area contributed by atoms with Crippen LogP contribution >= 0.6 is 0 Å². The molecule has 0 radical (unpaired) electrons. The fourth-order valence-corrected chi connectivity index (χ4v) is 3.64. The van der Waals surface area contributed by atoms with Crippen molar-refractivity contribution in [3.8, 4) is 0 Å². The molecule has 2 nitrogen and oxygen atoms in total. The van der Waals surface area contributed by atoms with Crippen LogP contribution in [0, 0.1) is 0 Å². The minimum absolute atomic E-state index is 0.337. The molecule has 2 rings (SSSR count). The van der Waals surface area contributed by atoms with E-state index < -0.39 is 0 Å². The Labute approximate surface area is 106 Å². The van der Waals surface area contributed by atoms with Gasteiger partial charge in [-0.2, -0.15) is 0 Å². The first-order valence-corrected chi connectivity index (χ1v) is 7.70. The molecule has 1 heterocycles. The van der Waals surface area contributed by atoms with Gasteiger partial charge in [0.2, 0.25) is 0 Å². The summed E-state index contributed by atoms with van der Waals surface area (Å²) in [6, 6.07) is 0.672. The van der Waals surface area contributed by atoms with Gasteiger partial charge < -0.3 is 10.0 Å². The smallest absolute Gasteiger partial charge is 0.0662 e. The van der Waals surface area contributed by atoms with E-state index in [2.05, 4.69) is 11.8 Å². The van der Waals surface area contributed by atoms with Crippen molar-refractivity contribution in [3.05, 3.63) is 0 Å². The van der Waals surface area contributed by atoms with Crippen molar-refractivity contribution in [1.82, 2.24) is 4.90 Å². The average molecular weight is 239 g/mol. The molecule has 0 bridgehead atoms. The Bertz CT molecular complexity index is 225. The summed E-state index contributed by atoms with van der Waals surface area (Å²) in [6.07, 6.45) is 12.2. The van der Waals surface area contributed by atoms with Gasteiger partial charge in [-0.05, 0) is 58.0 Å². The first-order valence-electron chi connectivity index (χ1n) is 7.70. The molecule has 1 saturated heterocycles. The summed E-state index contributed by atoms with van der Waals surface area (Å²) in [4.78, 5) is 2.65. The van der Waals surface area contributed by atoms with Gasteiger partial charge in [0.15, 0.2) is 0 Å². The van der Waals surface area contributed by atoms with Crippen molar-refractivity contribution in [2.45, 2.75) is 82.8 Å². The second-order valence-corrected chi connectivity index (χ2v) is 6.17. The molecule has 1 aliphatic carbocycles. The van der Waals surface area contributed by atoms with Crippen LogP contribution in [-0.4, -0.2) is 34.7 Å². The quantitative estimate of drug-likeness (QED) is 0.813. The van der Waals surface area contributed by atoms with Gasteiger partial charge in [-0.25, -0.2) is 0 Å². The van der Waals surface area contributed by atoms with Gasteiger partial charge in [-0.1, -0.05) is 26.2 Å². The van der Waals surface area contributed by atoms with Gasteiger partial charge in [0.05, 0.1) is 5.60 Å². The zero-order valence-electron chi connectivity index (χ0n) is 11.5. The predicted octanol–water partition coefficient (Wildman–Crippen LogP) is 3.34. The molecule has 2 heteroatoms. The molecule has 1 aliphatic heterocycles. The van der Waals surface area contributed by atoms with Crippen LogP contribution in [0.2, 0.25) is 0 Å². The van der Waals surface area contributed by atoms with Crippen LogP contribution < -0.4 is 0 Å². The summed E-state index contributed by atoms with van der Waals surface area (Å²) < 4.78 is 0. The Kier molecular flexibility index (Phi) is 4.87. The third kappa shape index (κ3) is 3.69. The number of hydrogen-bond acceptors (Lipinski definition) is 2. The van der Waals surface area contributed by atoms with E-state index in [9.17, 15) is 5.11 Å². The predicted molar refractivity (Wildman–Crippen MR) is 72.2 cm³/mol. The summed E-state index contributed by atoms with van der Waals surface area (Å²) in [6.45, 7) is 4.76. The molecule has 0 spiro atoms. The zero-order chi connectivity index (χ0) is 12.1. The van der Waals surface area contributed by atoms with E-state index in [0.717, 1.165) is 19.3 Å². The molecule has 0 unspecified atom stereocenters. The van der Waals surface area contributed by atoms with Gasteiger partial charge in [0, 0.05) is 6.04 Å². The largest absolute Gasteiger partial charge is 0.390 e. The highest BCUT2D eigenvalue weighted by molar-refractivity contribution is 4.91. The molecular weight excluding hydrogens is 210 g/mol. The molecular formula is C15H29NO. The second kappa shape index (κ2) is 6.19. The van der Waals surface area contributed by atoms with Gasteiger partial charge in [0.1, 0.15) is 0 Å². The third-order valence-electron chi connectivity index (χ3n) is 4.70. The van der Waals surface area contributed by atoms with E-state index in [0.29, 0.717) is 6.04 Å². The standard InChI is InChI=1S/C15H29NO/c1-2-3-9-15(17)10-7-8-14(13-15)16-11-5-4-6-12-16/h14,17H,2-13H2,1H3/t14-,15+/m0/s1. The molecule has 2 aliphatic rings. The summed E-state index contributed by atoms with van der Waals surface area (Å²) in [5, 5.41) is 10.7. The maximum atomic E-state index is 10.7. The molecule has 2 atom stereocenters. The van der Waals surface area contributed by atoms with Crippen molar-refractivity contribution in [2.75, 3.05) is 13.1 Å². The van der Waals surface area contributed by atoms with E-state index in [-0.39, 0.29) is 5.60 Å². The molecule has 1 N–H and O–H groups in total. The van der Waals surface area contributed by atoms with Crippen LogP contribution in [0.25, 0.3) is 0 Å². The maximum absolute atomic E-state index is 10.7. The molecule has 0 aromatic heterocycles. The summed E-state index contributed by atoms with van der Waals surface area (Å²) in [7, 11) is 0. The maximum Gasteiger partial charge on any atom is 0.0662 e. The fraction of sp³-hybridized carbons (Fsp3) is 1.00. The molecule has 2 fully saturated rings. The number of hydrogen-bond donors (Lipinski definition) is 1. The molecule has 0 aromatic rings. The Balaban J connectivity index is 1.86. The van der Waals surface area contributed by atoms with Crippen molar-refractivity contribution in [1.29, 1.82) is 0 Å². The summed E-state index contributed by atoms with van der Waals surface area (Å²) >= 11 is 0. The van der Waals surface area contributed by atoms with Crippen LogP contribution in [0.4, 0.5) is 0 Å². The van der Waals surface area contributed by atoms with Crippen LogP contribution in [0.3, 0.4) is 0 Å². The van der Waals surface area contributed by atoms with Gasteiger partial charge in [-0.15, -0.1) is 0 Å². The highest BCUT2D eigenvalue weighted by Crippen LogP contribution is 2.35. The van der Waals surface area contributed by atoms with Crippen LogP contribution in [-0.2, 0) is 0 Å². The summed E-state index contributed by atoms with van der Waals surface area (Å²) in [5.74, 6) is 0. The van der Waals surface area contributed by atoms with E-state index >= 15 is 0 Å². The average Bonchev–Trinajstić information content (AvgIpc) is 2.38. The minimum atomic E-state index is -0.337. The molecule has 0 aromatic carbocycles. The first-order chi connectivity index (χ1) is 8.23. The highest BCUT2D eigenvalue weighted by atomic mass is 16.3. The monoisotopic (exact) mass is 239 g/mol. The SMILES string of the molecule is CCCC[C@@]1(O)CCC[C@H](N2CCCCC2)C1. The van der Waals surface area contributed by atoms with E-state index in [1.54, 1.807) is 0 Å². The summed E-state index contributed by atoms with van der Waals surface area (Å²) in [5.41, 5.74) is -0.337. The fourth-order valence-electron chi connectivity index (χ4n) is 3.64. The van der Waals surface area contributed by atoms with Crippen LogP contribution in [0.1, 0.15) is 71.1 Å². The third-order valence-corrected chi connectivity index (χ3v) is 4.70. The number of nitrogens with zero attached hydrogens (tertiary/aromatic N) is 1. The van der Waals surface area contributed by atoms with Crippen LogP contribution in [0.5, 0.6) is 0 Å². The Morgan fingerprint density at radius 3 is 2.65 bits per heavy atom. The lowest BCUT2D eigenvalue weighted by atomic mass is 9.78. The number of piperidine rings is 1. The second-order valence-electron chi connectivity index (χ2n) is 6.17. The van der Waals surface area contributed by atoms with Gasteiger partial charge in [-0.3, -0.25) is 0 Å². The number of rotatable bonds is 4. The Morgan fingerprint density at radius 2 is 1.94 bits per heavy atom. The lowest BCUT2D eigenvalue weighted by molar-refractivity contribution is -0.0410. The number of unbranched alkanes of at least 4 members (excludes halogenated alkanes) is 1. The van der Waals surface area contributed by atoms with Crippen molar-refractivity contribution >= 4 is 0 Å². The number of likely N-dealkylation sites (tertiary alicyclic amines) is 1. The van der Waals surface area contributed by atoms with Crippen molar-refractivity contribution < 1.29 is 5.11 Å². The normalized spacial score (nSPS) is 36.0. The molecule has 1 saturated carbocycles. The van der Waals surface area contributed by atoms with Gasteiger partial charge >= 0.3 is 0 Å². The molecule has 100 valence electrons. The zero-order valence-corrected chi connectivity index (χ0v) is 11.5. The van der Waals surface area contributed by atoms with E-state index in [1.165, 1.54) is 58.0 Å². The lowest BCUT2D eigenvalue weighted by Crippen LogP contribution is -2.47. The van der Waals surface area contributed by atoms with Gasteiger partial charge in [0.25, 0.3) is 0 Å². The van der Waals surface area contributed by atoms with Crippen molar-refractivity contribution in [2.24, 2.45) is 0 Å². The van der Waals surface area contributed by atoms with Crippen LogP contribution in [0.15, 0.2) is 0 Å². The highest BCUT2D eigenvalue weighted by Gasteiger charge is 2.36. The van der Waals surface area contributed by atoms with E-state index in [4.69, 9.17) is 0 Å². The lowest BCUT2D eigenvalue weighted by Gasteiger charge is -2.43. The van der Waals surface area contributed by atoms with E-state index in [1.807, 2.05) is 0 Å². The number of aliphatic hydroxyl groups is 1. The topological polar surface area (TPSA) is 23.5 Å². The Morgan fingerprint density at radius 1 is 1.18 bits per heavy atom. The first kappa shape index (κ1) is 13.4. The molecule has 17 heavy (non-hydrogen) atoms.